The molecule has 1 fully saturated rings. The van der Waals surface area contributed by atoms with Crippen LogP contribution in [-0.4, -0.2) is 47.9 Å². The second-order valence-electron chi connectivity index (χ2n) is 9.49. The Balaban J connectivity index is 1.63. The number of nitrogens with zero attached hydrogens (tertiary/aromatic N) is 2. The van der Waals surface area contributed by atoms with E-state index in [0.29, 0.717) is 23.9 Å². The number of hydrogen-bond acceptors (Lipinski definition) is 8. The highest BCUT2D eigenvalue weighted by molar-refractivity contribution is 5.74. The summed E-state index contributed by atoms with van der Waals surface area (Å²) in [6.45, 7) is 9.60. The van der Waals surface area contributed by atoms with Gasteiger partial charge in [-0.1, -0.05) is 6.07 Å². The molecule has 8 nitrogen and oxygen atoms in total. The van der Waals surface area contributed by atoms with Gasteiger partial charge in [0.15, 0.2) is 23.1 Å². The fraction of sp³-hybridized carbons (Fsp3) is 0.565. The highest BCUT2D eigenvalue weighted by Crippen LogP contribution is 2.32. The molecule has 1 aromatic carbocycles. The Hall–Kier alpha value is -2.74. The molecule has 0 unspecified atom stereocenters. The second kappa shape index (κ2) is 9.18. The minimum absolute atomic E-state index is 0.0434. The van der Waals surface area contributed by atoms with Gasteiger partial charge >= 0.3 is 0 Å². The third-order valence-corrected chi connectivity index (χ3v) is 5.57. The number of rotatable bonds is 8. The van der Waals surface area contributed by atoms with Gasteiger partial charge in [-0.25, -0.2) is 9.97 Å². The zero-order chi connectivity index (χ0) is 22.6. The van der Waals surface area contributed by atoms with E-state index in [4.69, 9.17) is 15.2 Å². The number of nitrogens with two attached hydrogens (primary N) is 1. The lowest BCUT2D eigenvalue weighted by atomic mass is 9.79. The zero-order valence-electron chi connectivity index (χ0n) is 19.5. The van der Waals surface area contributed by atoms with Crippen LogP contribution in [0.1, 0.15) is 46.1 Å². The first-order valence-corrected chi connectivity index (χ1v) is 10.7. The van der Waals surface area contributed by atoms with E-state index in [9.17, 15) is 0 Å². The molecule has 0 radical (unpaired) electrons. The van der Waals surface area contributed by atoms with Gasteiger partial charge in [-0.15, -0.1) is 0 Å². The topological polar surface area (TPSA) is 106 Å². The maximum absolute atomic E-state index is 6.40. The summed E-state index contributed by atoms with van der Waals surface area (Å²) in [5, 5.41) is 10.6. The Labute approximate surface area is 185 Å². The summed E-state index contributed by atoms with van der Waals surface area (Å²) in [7, 11) is 3.27. The molecule has 1 aliphatic rings. The summed E-state index contributed by atoms with van der Waals surface area (Å²) in [6.07, 6.45) is 4.32. The first kappa shape index (κ1) is 22.9. The van der Waals surface area contributed by atoms with Gasteiger partial charge in [0.05, 0.1) is 14.2 Å². The molecular formula is C23H36N6O2. The molecule has 0 bridgehead atoms. The summed E-state index contributed by atoms with van der Waals surface area (Å²) in [6, 6.07) is 6.21. The Morgan fingerprint density at radius 3 is 2.32 bits per heavy atom. The number of anilines is 3. The molecule has 0 spiro atoms. The lowest BCUT2D eigenvalue weighted by Crippen LogP contribution is -2.60. The smallest absolute Gasteiger partial charge is 0.160 e. The van der Waals surface area contributed by atoms with Gasteiger partial charge < -0.3 is 31.2 Å². The molecule has 1 saturated heterocycles. The summed E-state index contributed by atoms with van der Waals surface area (Å²) in [5.74, 6) is 2.77. The molecule has 0 amide bonds. The van der Waals surface area contributed by atoms with Crippen LogP contribution >= 0.6 is 0 Å². The third kappa shape index (κ3) is 5.91. The van der Waals surface area contributed by atoms with E-state index >= 15 is 0 Å². The van der Waals surface area contributed by atoms with Crippen LogP contribution in [0.5, 0.6) is 11.5 Å². The van der Waals surface area contributed by atoms with Crippen molar-refractivity contribution < 1.29 is 9.47 Å². The molecule has 2 aromatic rings. The van der Waals surface area contributed by atoms with Gasteiger partial charge in [0, 0.05) is 23.7 Å². The molecule has 2 heterocycles. The fourth-order valence-electron chi connectivity index (χ4n) is 4.63. The Bertz CT molecular complexity index is 884. The Morgan fingerprint density at radius 1 is 1.03 bits per heavy atom. The van der Waals surface area contributed by atoms with E-state index in [-0.39, 0.29) is 17.1 Å². The first-order chi connectivity index (χ1) is 14.6. The maximum Gasteiger partial charge on any atom is 0.160 e. The van der Waals surface area contributed by atoms with Crippen molar-refractivity contribution in [1.29, 1.82) is 0 Å². The zero-order valence-corrected chi connectivity index (χ0v) is 19.5. The molecule has 1 aromatic heterocycles. The fourth-order valence-corrected chi connectivity index (χ4v) is 4.63. The van der Waals surface area contributed by atoms with Crippen LogP contribution < -0.4 is 31.2 Å². The highest BCUT2D eigenvalue weighted by Gasteiger charge is 2.37. The lowest BCUT2D eigenvalue weighted by Gasteiger charge is -2.46. The number of nitrogen functional groups attached to an aromatic ring is 1. The Morgan fingerprint density at radius 2 is 1.68 bits per heavy atom. The van der Waals surface area contributed by atoms with Crippen molar-refractivity contribution in [1.82, 2.24) is 15.3 Å². The monoisotopic (exact) mass is 428 g/mol. The van der Waals surface area contributed by atoms with E-state index in [2.05, 4.69) is 53.6 Å². The van der Waals surface area contributed by atoms with E-state index < -0.39 is 0 Å². The van der Waals surface area contributed by atoms with Crippen LogP contribution in [0.25, 0.3) is 0 Å². The number of ether oxygens (including phenoxy) is 2. The number of piperidine rings is 1. The predicted molar refractivity (Wildman–Crippen MR) is 126 cm³/mol. The largest absolute Gasteiger partial charge is 0.493 e. The number of benzene rings is 1. The predicted octanol–water partition coefficient (Wildman–Crippen LogP) is 3.45. The molecule has 0 saturated carbocycles. The van der Waals surface area contributed by atoms with Crippen molar-refractivity contribution in [3.8, 4) is 11.5 Å². The van der Waals surface area contributed by atoms with Crippen LogP contribution in [0.2, 0.25) is 0 Å². The van der Waals surface area contributed by atoms with Crippen LogP contribution in [0.3, 0.4) is 0 Å². The molecule has 3 rings (SSSR count). The average Bonchev–Trinajstić information content (AvgIpc) is 2.68. The van der Waals surface area contributed by atoms with Crippen LogP contribution in [0.4, 0.5) is 17.3 Å². The van der Waals surface area contributed by atoms with Crippen molar-refractivity contribution in [3.05, 3.63) is 30.1 Å². The van der Waals surface area contributed by atoms with Crippen molar-refractivity contribution in [3.63, 3.8) is 0 Å². The van der Waals surface area contributed by atoms with Gasteiger partial charge in [-0.3, -0.25) is 0 Å². The van der Waals surface area contributed by atoms with E-state index in [0.717, 1.165) is 36.3 Å². The van der Waals surface area contributed by atoms with Crippen LogP contribution in [0.15, 0.2) is 24.5 Å². The van der Waals surface area contributed by atoms with Gasteiger partial charge in [0.25, 0.3) is 0 Å². The second-order valence-corrected chi connectivity index (χ2v) is 9.49. The summed E-state index contributed by atoms with van der Waals surface area (Å²) in [4.78, 5) is 8.74. The number of hydrogen-bond donors (Lipinski definition) is 4. The first-order valence-electron chi connectivity index (χ1n) is 10.7. The standard InChI is InChI=1S/C23H36N6O2/c1-22(2)12-16(13-23(3,4)29-22)28-21-19(24)20(26-14-27-21)25-10-9-15-7-8-17(30-5)18(11-15)31-6/h7-8,11,14,16,29H,9-10,12-13,24H2,1-6H3,(H2,25,26,27,28). The van der Waals surface area contributed by atoms with Gasteiger partial charge in [-0.05, 0) is 64.7 Å². The molecule has 0 aliphatic carbocycles. The number of methoxy groups -OCH3 is 2. The maximum atomic E-state index is 6.40. The summed E-state index contributed by atoms with van der Waals surface area (Å²) >= 11 is 0. The molecule has 1 aliphatic heterocycles. The van der Waals surface area contributed by atoms with E-state index in [1.54, 1.807) is 20.5 Å². The molecule has 31 heavy (non-hydrogen) atoms. The quantitative estimate of drug-likeness (QED) is 0.507. The molecule has 8 heteroatoms. The molecule has 5 N–H and O–H groups in total. The minimum Gasteiger partial charge on any atom is -0.493 e. The van der Waals surface area contributed by atoms with E-state index in [1.807, 2.05) is 18.2 Å². The number of nitrogens with one attached hydrogen (secondary N) is 3. The highest BCUT2D eigenvalue weighted by atomic mass is 16.5. The lowest BCUT2D eigenvalue weighted by molar-refractivity contribution is 0.170. The van der Waals surface area contributed by atoms with Gasteiger partial charge in [-0.2, -0.15) is 0 Å². The average molecular weight is 429 g/mol. The van der Waals surface area contributed by atoms with Crippen molar-refractivity contribution in [2.75, 3.05) is 37.1 Å². The number of aromatic nitrogens is 2. The summed E-state index contributed by atoms with van der Waals surface area (Å²) < 4.78 is 10.7. The third-order valence-electron chi connectivity index (χ3n) is 5.57. The SMILES string of the molecule is COc1ccc(CCNc2ncnc(NC3CC(C)(C)NC(C)(C)C3)c2N)cc1OC. The van der Waals surface area contributed by atoms with Crippen molar-refractivity contribution in [2.24, 2.45) is 0 Å². The molecule has 170 valence electrons. The summed E-state index contributed by atoms with van der Waals surface area (Å²) in [5.41, 5.74) is 8.16. The Kier molecular flexibility index (Phi) is 6.79. The molecular weight excluding hydrogens is 392 g/mol. The van der Waals surface area contributed by atoms with Crippen molar-refractivity contribution in [2.45, 2.75) is 64.1 Å². The van der Waals surface area contributed by atoms with Gasteiger partial charge in [0.2, 0.25) is 0 Å². The normalized spacial score (nSPS) is 17.7. The van der Waals surface area contributed by atoms with Crippen LogP contribution in [0, 0.1) is 0 Å². The van der Waals surface area contributed by atoms with Crippen LogP contribution in [-0.2, 0) is 6.42 Å². The van der Waals surface area contributed by atoms with E-state index in [1.165, 1.54) is 0 Å². The molecule has 0 atom stereocenters. The minimum atomic E-state index is 0.0434. The van der Waals surface area contributed by atoms with Gasteiger partial charge in [0.1, 0.15) is 12.0 Å². The van der Waals surface area contributed by atoms with Crippen molar-refractivity contribution >= 4 is 17.3 Å².